The van der Waals surface area contributed by atoms with Crippen LogP contribution in [-0.2, 0) is 28.9 Å². The van der Waals surface area contributed by atoms with Crippen LogP contribution in [0, 0.1) is 6.92 Å². The third-order valence-electron chi connectivity index (χ3n) is 6.58. The van der Waals surface area contributed by atoms with Crippen LogP contribution in [0.3, 0.4) is 0 Å². The number of imidazole rings is 1. The van der Waals surface area contributed by atoms with Crippen LogP contribution in [0.4, 0.5) is 5.82 Å². The quantitative estimate of drug-likeness (QED) is 0.147. The van der Waals surface area contributed by atoms with Crippen molar-refractivity contribution in [3.05, 3.63) is 58.9 Å². The smallest absolute Gasteiger partial charge is 0.234 e. The Morgan fingerprint density at radius 3 is 2.65 bits per heavy atom. The number of hydrogen-bond donors (Lipinski definition) is 2. The Bertz CT molecular complexity index is 1420. The van der Waals surface area contributed by atoms with Gasteiger partial charge in [0.05, 0.1) is 17.6 Å². The number of nitrogens with two attached hydrogens (primary N) is 1. The van der Waals surface area contributed by atoms with Gasteiger partial charge in [0.1, 0.15) is 17.1 Å². The van der Waals surface area contributed by atoms with Crippen LogP contribution < -0.4 is 5.73 Å². The van der Waals surface area contributed by atoms with Crippen LogP contribution in [0.5, 0.6) is 5.75 Å². The van der Waals surface area contributed by atoms with Gasteiger partial charge in [0.2, 0.25) is 6.08 Å². The van der Waals surface area contributed by atoms with Crippen LogP contribution in [-0.4, -0.2) is 45.5 Å². The molecule has 37 heavy (non-hydrogen) atoms. The Morgan fingerprint density at radius 2 is 1.86 bits per heavy atom. The molecule has 0 fully saturated rings. The van der Waals surface area contributed by atoms with E-state index in [2.05, 4.69) is 33.6 Å². The molecule has 0 atom stereocenters. The van der Waals surface area contributed by atoms with E-state index in [0.717, 1.165) is 77.4 Å². The lowest BCUT2D eigenvalue weighted by Gasteiger charge is -2.13. The molecule has 0 aliphatic rings. The Morgan fingerprint density at radius 1 is 1.05 bits per heavy atom. The number of nitrogens with zero attached hydrogens (tertiary/aromatic N) is 4. The average Bonchev–Trinajstić information content (AvgIpc) is 3.25. The molecule has 3 N–H and O–H groups in total. The lowest BCUT2D eigenvalue weighted by atomic mass is 10.1. The Kier molecular flexibility index (Phi) is 8.88. The number of phenolic OH excluding ortho intramolecular Hbond substituents is 1. The lowest BCUT2D eigenvalue weighted by molar-refractivity contribution is 0.131. The van der Waals surface area contributed by atoms with Gasteiger partial charge in [0.25, 0.3) is 0 Å². The van der Waals surface area contributed by atoms with Gasteiger partial charge in [0.15, 0.2) is 5.82 Å². The number of unbranched alkanes of at least 4 members (excludes halogenated alkanes) is 1. The number of isocyanates is 1. The molecule has 0 saturated carbocycles. The van der Waals surface area contributed by atoms with Crippen molar-refractivity contribution in [2.45, 2.75) is 58.9 Å². The molecule has 8 heteroatoms. The number of ether oxygens (including phenoxy) is 1. The number of carbonyl (C=O) groups excluding carboxylic acids is 1. The molecular weight excluding hydrogens is 466 g/mol. The number of aryl methyl sites for hydroxylation is 3. The number of phenols is 1. The SMILES string of the molecule is CCCCc1nc2c(N)nc3ccc(CCCOCCCN=C=O)cc3c2n1Cc1ccc(O)c(C)c1. The summed E-state index contributed by atoms with van der Waals surface area (Å²) in [5.74, 6) is 1.75. The van der Waals surface area contributed by atoms with Gasteiger partial charge in [0, 0.05) is 31.6 Å². The van der Waals surface area contributed by atoms with Gasteiger partial charge in [-0.15, -0.1) is 0 Å². The summed E-state index contributed by atoms with van der Waals surface area (Å²) in [5.41, 5.74) is 12.2. The van der Waals surface area contributed by atoms with Crippen molar-refractivity contribution in [1.29, 1.82) is 0 Å². The molecule has 0 unspecified atom stereocenters. The normalized spacial score (nSPS) is 11.3. The van der Waals surface area contributed by atoms with E-state index in [1.807, 2.05) is 25.1 Å². The van der Waals surface area contributed by atoms with E-state index in [1.54, 1.807) is 12.1 Å². The first-order valence-corrected chi connectivity index (χ1v) is 13.0. The number of nitrogen functional groups attached to an aromatic ring is 1. The van der Waals surface area contributed by atoms with E-state index in [0.29, 0.717) is 37.9 Å². The number of benzene rings is 2. The summed E-state index contributed by atoms with van der Waals surface area (Å²) in [6.07, 6.45) is 7.01. The first kappa shape index (κ1) is 26.3. The molecule has 8 nitrogen and oxygen atoms in total. The summed E-state index contributed by atoms with van der Waals surface area (Å²) >= 11 is 0. The van der Waals surface area contributed by atoms with E-state index >= 15 is 0 Å². The molecular formula is C29H35N5O3. The average molecular weight is 502 g/mol. The fourth-order valence-corrected chi connectivity index (χ4v) is 4.63. The van der Waals surface area contributed by atoms with Crippen molar-refractivity contribution in [2.75, 3.05) is 25.5 Å². The van der Waals surface area contributed by atoms with Crippen molar-refractivity contribution in [1.82, 2.24) is 14.5 Å². The fraction of sp³-hybridized carbons (Fsp3) is 0.414. The number of aromatic nitrogens is 3. The molecule has 4 rings (SSSR count). The van der Waals surface area contributed by atoms with Crippen LogP contribution in [0.1, 0.15) is 55.1 Å². The highest BCUT2D eigenvalue weighted by molar-refractivity contribution is 6.06. The van der Waals surface area contributed by atoms with Crippen molar-refractivity contribution in [3.8, 4) is 5.75 Å². The second-order valence-corrected chi connectivity index (χ2v) is 9.43. The molecule has 2 aromatic heterocycles. The van der Waals surface area contributed by atoms with E-state index in [-0.39, 0.29) is 0 Å². The molecule has 194 valence electrons. The topological polar surface area (TPSA) is 116 Å². The number of rotatable bonds is 13. The van der Waals surface area contributed by atoms with Gasteiger partial charge < -0.3 is 20.1 Å². The highest BCUT2D eigenvalue weighted by Crippen LogP contribution is 2.31. The summed E-state index contributed by atoms with van der Waals surface area (Å²) in [6, 6.07) is 12.1. The number of hydrogen-bond acceptors (Lipinski definition) is 7. The minimum absolute atomic E-state index is 0.299. The van der Waals surface area contributed by atoms with Crippen LogP contribution >= 0.6 is 0 Å². The van der Waals surface area contributed by atoms with Crippen LogP contribution in [0.25, 0.3) is 21.9 Å². The standard InChI is InChI=1S/C29H35N5O3/c1-3-4-8-26-33-27-28(34(26)18-22-10-12-25(36)20(2)16-22)23-17-21(9-11-24(23)32-29(27)30)7-5-14-37-15-6-13-31-19-35/h9-12,16-17,36H,3-8,13-15,18H2,1-2H3,(H2,30,32). The van der Waals surface area contributed by atoms with E-state index in [1.165, 1.54) is 5.56 Å². The van der Waals surface area contributed by atoms with E-state index in [9.17, 15) is 9.90 Å². The Hall–Kier alpha value is -3.74. The summed E-state index contributed by atoms with van der Waals surface area (Å²) in [6.45, 7) is 6.42. The number of anilines is 1. The number of aliphatic imine (C=N–C) groups is 1. The monoisotopic (exact) mass is 501 g/mol. The predicted octanol–water partition coefficient (Wildman–Crippen LogP) is 5.25. The first-order chi connectivity index (χ1) is 18.0. The highest BCUT2D eigenvalue weighted by atomic mass is 16.5. The molecule has 0 amide bonds. The van der Waals surface area contributed by atoms with Crippen molar-refractivity contribution in [3.63, 3.8) is 0 Å². The molecule has 0 aliphatic carbocycles. The molecule has 0 aliphatic heterocycles. The molecule has 0 saturated heterocycles. The largest absolute Gasteiger partial charge is 0.508 e. The highest BCUT2D eigenvalue weighted by Gasteiger charge is 2.18. The second kappa shape index (κ2) is 12.5. The summed E-state index contributed by atoms with van der Waals surface area (Å²) in [5, 5.41) is 11.0. The third kappa shape index (κ3) is 6.34. The zero-order chi connectivity index (χ0) is 26.2. The van der Waals surface area contributed by atoms with E-state index in [4.69, 9.17) is 15.5 Å². The Labute approximate surface area is 217 Å². The van der Waals surface area contributed by atoms with Gasteiger partial charge in [-0.2, -0.15) is 0 Å². The van der Waals surface area contributed by atoms with Crippen LogP contribution in [0.2, 0.25) is 0 Å². The fourth-order valence-electron chi connectivity index (χ4n) is 4.63. The third-order valence-corrected chi connectivity index (χ3v) is 6.58. The van der Waals surface area contributed by atoms with Crippen LogP contribution in [0.15, 0.2) is 41.4 Å². The second-order valence-electron chi connectivity index (χ2n) is 9.43. The van der Waals surface area contributed by atoms with E-state index < -0.39 is 0 Å². The maximum atomic E-state index is 10.1. The maximum Gasteiger partial charge on any atom is 0.234 e. The molecule has 2 heterocycles. The first-order valence-electron chi connectivity index (χ1n) is 13.0. The van der Waals surface area contributed by atoms with Crippen molar-refractivity contribution >= 4 is 33.8 Å². The predicted molar refractivity (Wildman–Crippen MR) is 147 cm³/mol. The summed E-state index contributed by atoms with van der Waals surface area (Å²) < 4.78 is 7.94. The van der Waals surface area contributed by atoms with Gasteiger partial charge >= 0.3 is 0 Å². The van der Waals surface area contributed by atoms with Crippen molar-refractivity contribution < 1.29 is 14.6 Å². The summed E-state index contributed by atoms with van der Waals surface area (Å²) in [4.78, 5) is 23.3. The lowest BCUT2D eigenvalue weighted by Crippen LogP contribution is -2.06. The maximum absolute atomic E-state index is 10.1. The van der Waals surface area contributed by atoms with Gasteiger partial charge in [-0.1, -0.05) is 31.5 Å². The number of fused-ring (bicyclic) bond motifs is 3. The summed E-state index contributed by atoms with van der Waals surface area (Å²) in [7, 11) is 0. The van der Waals surface area contributed by atoms with Crippen molar-refractivity contribution in [2.24, 2.45) is 4.99 Å². The molecule has 0 spiro atoms. The minimum atomic E-state index is 0.299. The van der Waals surface area contributed by atoms with Gasteiger partial charge in [-0.05, 0) is 67.5 Å². The zero-order valence-corrected chi connectivity index (χ0v) is 21.7. The number of pyridine rings is 1. The number of aromatic hydroxyl groups is 1. The van der Waals surface area contributed by atoms with Gasteiger partial charge in [-0.25, -0.2) is 19.8 Å². The minimum Gasteiger partial charge on any atom is -0.508 e. The molecule has 2 aromatic carbocycles. The molecule has 0 bridgehead atoms. The molecule has 0 radical (unpaired) electrons. The zero-order valence-electron chi connectivity index (χ0n) is 21.7. The van der Waals surface area contributed by atoms with Gasteiger partial charge in [-0.3, -0.25) is 0 Å². The Balaban J connectivity index is 1.65. The molecule has 4 aromatic rings.